The Kier molecular flexibility index (Phi) is 5.09. The SMILES string of the molecule is CNC(=O)C1CCCCN1Cc1ccc(F)c(CN)c1. The number of benzene rings is 1. The van der Waals surface area contributed by atoms with Crippen molar-refractivity contribution in [2.75, 3.05) is 13.6 Å². The van der Waals surface area contributed by atoms with E-state index in [2.05, 4.69) is 10.2 Å². The summed E-state index contributed by atoms with van der Waals surface area (Å²) in [4.78, 5) is 14.1. The molecule has 1 aliphatic rings. The Hall–Kier alpha value is -1.46. The van der Waals surface area contributed by atoms with Crippen LogP contribution in [0.25, 0.3) is 0 Å². The van der Waals surface area contributed by atoms with Crippen LogP contribution in [0, 0.1) is 5.82 Å². The number of hydrogen-bond donors (Lipinski definition) is 2. The second-order valence-corrected chi connectivity index (χ2v) is 5.23. The number of carbonyl (C=O) groups is 1. The van der Waals surface area contributed by atoms with Crippen molar-refractivity contribution in [2.24, 2.45) is 5.73 Å². The van der Waals surface area contributed by atoms with E-state index in [4.69, 9.17) is 5.73 Å². The minimum absolute atomic E-state index is 0.0610. The number of likely N-dealkylation sites (tertiary alicyclic amines) is 1. The second-order valence-electron chi connectivity index (χ2n) is 5.23. The van der Waals surface area contributed by atoms with Crippen LogP contribution in [0.1, 0.15) is 30.4 Å². The zero-order chi connectivity index (χ0) is 14.5. The first kappa shape index (κ1) is 14.9. The van der Waals surface area contributed by atoms with Gasteiger partial charge in [0, 0.05) is 25.7 Å². The molecule has 1 aromatic carbocycles. The third kappa shape index (κ3) is 3.35. The molecule has 110 valence electrons. The Morgan fingerprint density at radius 2 is 2.30 bits per heavy atom. The molecule has 4 nitrogen and oxygen atoms in total. The highest BCUT2D eigenvalue weighted by Crippen LogP contribution is 2.21. The van der Waals surface area contributed by atoms with Gasteiger partial charge in [0.05, 0.1) is 6.04 Å². The molecule has 1 aromatic rings. The lowest BCUT2D eigenvalue weighted by Crippen LogP contribution is -2.48. The molecular formula is C15H22FN3O. The fourth-order valence-corrected chi connectivity index (χ4v) is 2.76. The van der Waals surface area contributed by atoms with Crippen LogP contribution in [-0.4, -0.2) is 30.4 Å². The van der Waals surface area contributed by atoms with Gasteiger partial charge in [-0.2, -0.15) is 0 Å². The number of likely N-dealkylation sites (N-methyl/N-ethyl adjacent to an activating group) is 1. The number of nitrogens with two attached hydrogens (primary N) is 1. The Morgan fingerprint density at radius 1 is 1.50 bits per heavy atom. The Labute approximate surface area is 119 Å². The molecule has 1 atom stereocenters. The van der Waals surface area contributed by atoms with Gasteiger partial charge in [-0.3, -0.25) is 9.69 Å². The molecule has 1 saturated heterocycles. The van der Waals surface area contributed by atoms with Crippen molar-refractivity contribution in [1.82, 2.24) is 10.2 Å². The smallest absolute Gasteiger partial charge is 0.237 e. The van der Waals surface area contributed by atoms with Crippen LogP contribution < -0.4 is 11.1 Å². The van der Waals surface area contributed by atoms with Crippen molar-refractivity contribution < 1.29 is 9.18 Å². The summed E-state index contributed by atoms with van der Waals surface area (Å²) in [6.45, 7) is 1.75. The van der Waals surface area contributed by atoms with Gasteiger partial charge in [-0.1, -0.05) is 18.6 Å². The van der Waals surface area contributed by atoms with Crippen molar-refractivity contribution in [1.29, 1.82) is 0 Å². The van der Waals surface area contributed by atoms with Gasteiger partial charge in [-0.05, 0) is 31.0 Å². The summed E-state index contributed by atoms with van der Waals surface area (Å²) in [7, 11) is 1.67. The van der Waals surface area contributed by atoms with E-state index in [1.807, 2.05) is 0 Å². The minimum Gasteiger partial charge on any atom is -0.358 e. The van der Waals surface area contributed by atoms with Crippen molar-refractivity contribution in [3.05, 3.63) is 35.1 Å². The zero-order valence-corrected chi connectivity index (χ0v) is 11.9. The predicted molar refractivity (Wildman–Crippen MR) is 76.4 cm³/mol. The van der Waals surface area contributed by atoms with Gasteiger partial charge in [-0.15, -0.1) is 0 Å². The zero-order valence-electron chi connectivity index (χ0n) is 11.9. The van der Waals surface area contributed by atoms with Gasteiger partial charge in [0.15, 0.2) is 0 Å². The molecule has 1 heterocycles. The highest BCUT2D eigenvalue weighted by Gasteiger charge is 2.27. The van der Waals surface area contributed by atoms with Crippen LogP contribution in [0.4, 0.5) is 4.39 Å². The summed E-state index contributed by atoms with van der Waals surface area (Å²) in [5.41, 5.74) is 7.06. The number of nitrogens with one attached hydrogen (secondary N) is 1. The average Bonchev–Trinajstić information content (AvgIpc) is 2.49. The maximum atomic E-state index is 13.5. The van der Waals surface area contributed by atoms with Crippen molar-refractivity contribution in [3.8, 4) is 0 Å². The fourth-order valence-electron chi connectivity index (χ4n) is 2.76. The van der Waals surface area contributed by atoms with E-state index in [0.717, 1.165) is 31.4 Å². The second kappa shape index (κ2) is 6.81. The molecule has 1 unspecified atom stereocenters. The van der Waals surface area contributed by atoms with Gasteiger partial charge in [0.1, 0.15) is 5.82 Å². The number of hydrogen-bond acceptors (Lipinski definition) is 3. The number of halogens is 1. The van der Waals surface area contributed by atoms with Crippen LogP contribution >= 0.6 is 0 Å². The van der Waals surface area contributed by atoms with Gasteiger partial charge in [-0.25, -0.2) is 4.39 Å². The third-order valence-electron chi connectivity index (χ3n) is 3.88. The quantitative estimate of drug-likeness (QED) is 0.875. The summed E-state index contributed by atoms with van der Waals surface area (Å²) >= 11 is 0. The highest BCUT2D eigenvalue weighted by molar-refractivity contribution is 5.81. The summed E-state index contributed by atoms with van der Waals surface area (Å²) in [6.07, 6.45) is 3.05. The van der Waals surface area contributed by atoms with Crippen LogP contribution in [0.2, 0.25) is 0 Å². The standard InChI is InChI=1S/C15H22FN3O/c1-18-15(20)14-4-2-3-7-19(14)10-11-5-6-13(16)12(8-11)9-17/h5-6,8,14H,2-4,7,9-10,17H2,1H3,(H,18,20). The van der Waals surface area contributed by atoms with Crippen LogP contribution in [-0.2, 0) is 17.9 Å². The minimum atomic E-state index is -0.266. The Bertz CT molecular complexity index is 478. The molecular weight excluding hydrogens is 257 g/mol. The molecule has 0 spiro atoms. The van der Waals surface area contributed by atoms with Crippen LogP contribution in [0.5, 0.6) is 0 Å². The maximum absolute atomic E-state index is 13.5. The monoisotopic (exact) mass is 279 g/mol. The Balaban J connectivity index is 2.12. The normalized spacial score (nSPS) is 19.9. The predicted octanol–water partition coefficient (Wildman–Crippen LogP) is 1.38. The van der Waals surface area contributed by atoms with E-state index < -0.39 is 0 Å². The molecule has 0 saturated carbocycles. The lowest BCUT2D eigenvalue weighted by Gasteiger charge is -2.34. The van der Waals surface area contributed by atoms with Gasteiger partial charge in [0.2, 0.25) is 5.91 Å². The molecule has 2 rings (SSSR count). The number of amides is 1. The lowest BCUT2D eigenvalue weighted by molar-refractivity contribution is -0.127. The van der Waals surface area contributed by atoms with Gasteiger partial charge >= 0.3 is 0 Å². The lowest BCUT2D eigenvalue weighted by atomic mass is 10.00. The summed E-state index contributed by atoms with van der Waals surface area (Å²) < 4.78 is 13.5. The largest absolute Gasteiger partial charge is 0.358 e. The Morgan fingerprint density at radius 3 is 3.00 bits per heavy atom. The van der Waals surface area contributed by atoms with Gasteiger partial charge in [0.25, 0.3) is 0 Å². The number of nitrogens with zero attached hydrogens (tertiary/aromatic N) is 1. The molecule has 20 heavy (non-hydrogen) atoms. The van der Waals surface area contributed by atoms with E-state index in [1.54, 1.807) is 19.2 Å². The number of rotatable bonds is 4. The highest BCUT2D eigenvalue weighted by atomic mass is 19.1. The molecule has 0 bridgehead atoms. The topological polar surface area (TPSA) is 58.4 Å². The van der Waals surface area contributed by atoms with Crippen molar-refractivity contribution >= 4 is 5.91 Å². The van der Waals surface area contributed by atoms with Gasteiger partial charge < -0.3 is 11.1 Å². The van der Waals surface area contributed by atoms with E-state index in [0.29, 0.717) is 12.1 Å². The van der Waals surface area contributed by atoms with E-state index in [1.165, 1.54) is 6.07 Å². The van der Waals surface area contributed by atoms with E-state index in [-0.39, 0.29) is 24.3 Å². The summed E-state index contributed by atoms with van der Waals surface area (Å²) in [5, 5.41) is 2.72. The molecule has 0 aliphatic carbocycles. The first-order valence-corrected chi connectivity index (χ1v) is 7.08. The van der Waals surface area contributed by atoms with E-state index >= 15 is 0 Å². The fraction of sp³-hybridized carbons (Fsp3) is 0.533. The molecule has 3 N–H and O–H groups in total. The van der Waals surface area contributed by atoms with Crippen molar-refractivity contribution in [3.63, 3.8) is 0 Å². The molecule has 1 amide bonds. The number of piperidine rings is 1. The van der Waals surface area contributed by atoms with Crippen molar-refractivity contribution in [2.45, 2.75) is 38.4 Å². The third-order valence-corrected chi connectivity index (χ3v) is 3.88. The average molecular weight is 279 g/mol. The van der Waals surface area contributed by atoms with Crippen LogP contribution in [0.3, 0.4) is 0 Å². The summed E-state index contributed by atoms with van der Waals surface area (Å²) in [6, 6.07) is 4.94. The maximum Gasteiger partial charge on any atom is 0.237 e. The number of carbonyl (C=O) groups excluding carboxylic acids is 1. The first-order chi connectivity index (χ1) is 9.65. The molecule has 1 fully saturated rings. The summed E-state index contributed by atoms with van der Waals surface area (Å²) in [5.74, 6) is -0.205. The first-order valence-electron chi connectivity index (χ1n) is 7.08. The van der Waals surface area contributed by atoms with E-state index in [9.17, 15) is 9.18 Å². The molecule has 5 heteroatoms. The molecule has 1 aliphatic heterocycles. The molecule has 0 aromatic heterocycles. The van der Waals surface area contributed by atoms with Crippen LogP contribution in [0.15, 0.2) is 18.2 Å². The molecule has 0 radical (unpaired) electrons.